The number of rotatable bonds is 9. The Bertz CT molecular complexity index is 1250. The number of anilines is 1. The van der Waals surface area contributed by atoms with Crippen LogP contribution >= 0.6 is 23.2 Å². The number of hydrogen-bond acceptors (Lipinski definition) is 3. The maximum absolute atomic E-state index is 13.1. The molecule has 3 aromatic rings. The summed E-state index contributed by atoms with van der Waals surface area (Å²) >= 11 is 12.0. The predicted octanol–water partition coefficient (Wildman–Crippen LogP) is 8.01. The molecule has 0 unspecified atom stereocenters. The number of alkyl halides is 3. The molecule has 0 saturated carbocycles. The van der Waals surface area contributed by atoms with Gasteiger partial charge >= 0.3 is 18.2 Å². The first-order valence-electron chi connectivity index (χ1n) is 13.6. The van der Waals surface area contributed by atoms with Crippen molar-refractivity contribution in [1.29, 1.82) is 0 Å². The monoisotopic (exact) mass is 623 g/mol. The van der Waals surface area contributed by atoms with Crippen molar-refractivity contribution in [1.82, 2.24) is 9.80 Å². The Balaban J connectivity index is 0.000000616. The number of amides is 2. The summed E-state index contributed by atoms with van der Waals surface area (Å²) in [5.41, 5.74) is 3.24. The fourth-order valence-electron chi connectivity index (χ4n) is 4.65. The maximum Gasteiger partial charge on any atom is 0.490 e. The van der Waals surface area contributed by atoms with Crippen LogP contribution in [0.15, 0.2) is 78.9 Å². The molecule has 11 heteroatoms. The lowest BCUT2D eigenvalue weighted by atomic mass is 9.90. The van der Waals surface area contributed by atoms with E-state index in [0.29, 0.717) is 23.1 Å². The molecule has 0 bridgehead atoms. The second kappa shape index (κ2) is 16.4. The molecule has 1 aliphatic heterocycles. The lowest BCUT2D eigenvalue weighted by Crippen LogP contribution is -2.39. The normalized spacial score (nSPS) is 14.0. The van der Waals surface area contributed by atoms with Gasteiger partial charge in [-0.05, 0) is 98.8 Å². The number of carbonyl (C=O) groups is 2. The van der Waals surface area contributed by atoms with Crippen LogP contribution in [0.25, 0.3) is 0 Å². The highest BCUT2D eigenvalue weighted by Crippen LogP contribution is 2.22. The second-order valence-electron chi connectivity index (χ2n) is 10.1. The van der Waals surface area contributed by atoms with E-state index in [1.807, 2.05) is 41.3 Å². The number of carbonyl (C=O) groups excluding carboxylic acids is 1. The molecule has 0 aliphatic carbocycles. The highest BCUT2D eigenvalue weighted by Gasteiger charge is 2.38. The van der Waals surface area contributed by atoms with Crippen LogP contribution in [0, 0.1) is 5.92 Å². The van der Waals surface area contributed by atoms with Crippen molar-refractivity contribution >= 4 is 40.9 Å². The molecule has 2 N–H and O–H groups in total. The molecule has 0 spiro atoms. The molecule has 0 atom stereocenters. The minimum atomic E-state index is -5.08. The van der Waals surface area contributed by atoms with Gasteiger partial charge in [0, 0.05) is 28.8 Å². The molecule has 1 heterocycles. The van der Waals surface area contributed by atoms with Crippen LogP contribution in [0.1, 0.15) is 30.4 Å². The number of carboxylic acids is 1. The summed E-state index contributed by atoms with van der Waals surface area (Å²) < 4.78 is 31.7. The van der Waals surface area contributed by atoms with Crippen molar-refractivity contribution < 1.29 is 27.9 Å². The van der Waals surface area contributed by atoms with Crippen LogP contribution in [0.4, 0.5) is 23.7 Å². The summed E-state index contributed by atoms with van der Waals surface area (Å²) in [6, 6.07) is 25.6. The van der Waals surface area contributed by atoms with E-state index in [1.54, 1.807) is 12.1 Å². The molecule has 0 radical (unpaired) electrons. The molecule has 42 heavy (non-hydrogen) atoms. The van der Waals surface area contributed by atoms with Crippen LogP contribution < -0.4 is 5.32 Å². The average molecular weight is 625 g/mol. The molecule has 3 aromatic carbocycles. The fraction of sp³-hybridized carbons (Fsp3) is 0.355. The van der Waals surface area contributed by atoms with Crippen LogP contribution in [0.3, 0.4) is 0 Å². The van der Waals surface area contributed by atoms with Gasteiger partial charge in [-0.25, -0.2) is 9.59 Å². The Kier molecular flexibility index (Phi) is 13.0. The quantitative estimate of drug-likeness (QED) is 0.253. The third-order valence-electron chi connectivity index (χ3n) is 6.89. The van der Waals surface area contributed by atoms with Crippen LogP contribution in [-0.2, 0) is 17.8 Å². The van der Waals surface area contributed by atoms with E-state index in [4.69, 9.17) is 33.1 Å². The molecule has 1 saturated heterocycles. The lowest BCUT2D eigenvalue weighted by molar-refractivity contribution is -0.192. The summed E-state index contributed by atoms with van der Waals surface area (Å²) in [7, 11) is 0. The van der Waals surface area contributed by atoms with Gasteiger partial charge in [-0.1, -0.05) is 65.7 Å². The Morgan fingerprint density at radius 1 is 0.881 bits per heavy atom. The van der Waals surface area contributed by atoms with Gasteiger partial charge in [-0.15, -0.1) is 0 Å². The highest BCUT2D eigenvalue weighted by molar-refractivity contribution is 6.30. The standard InChI is InChI=1S/C29H33Cl2N3O.C2HF3O2/c30-26-9-7-25(8-10-26)22-34(29(35)32-28-13-11-27(31)12-14-28)18-4-17-33-19-15-24(16-20-33)21-23-5-2-1-3-6-23;3-2(4,5)1(6)7/h1-3,5-14,24H,4,15-22H2,(H,32,35);(H,6,7). The molecule has 6 nitrogen and oxygen atoms in total. The summed E-state index contributed by atoms with van der Waals surface area (Å²) in [6.45, 7) is 4.49. The van der Waals surface area contributed by atoms with Crippen LogP contribution in [0.2, 0.25) is 10.0 Å². The molecule has 226 valence electrons. The number of halogens is 5. The Morgan fingerprint density at radius 2 is 1.43 bits per heavy atom. The Hall–Kier alpha value is -3.27. The first kappa shape index (κ1) is 33.2. The zero-order valence-electron chi connectivity index (χ0n) is 23.0. The van der Waals surface area contributed by atoms with Gasteiger partial charge in [0.2, 0.25) is 0 Å². The molecular formula is C31H34Cl2F3N3O3. The van der Waals surface area contributed by atoms with E-state index in [-0.39, 0.29) is 6.03 Å². The second-order valence-corrected chi connectivity index (χ2v) is 11.0. The van der Waals surface area contributed by atoms with Crippen molar-refractivity contribution in [3.8, 4) is 0 Å². The molecule has 2 amide bonds. The summed E-state index contributed by atoms with van der Waals surface area (Å²) in [4.78, 5) is 26.4. The maximum atomic E-state index is 13.1. The van der Waals surface area contributed by atoms with Gasteiger partial charge in [-0.3, -0.25) is 0 Å². The van der Waals surface area contributed by atoms with Crippen LogP contribution in [-0.4, -0.2) is 59.3 Å². The van der Waals surface area contributed by atoms with E-state index < -0.39 is 12.1 Å². The van der Waals surface area contributed by atoms with Gasteiger partial charge < -0.3 is 20.2 Å². The van der Waals surface area contributed by atoms with Crippen molar-refractivity contribution in [3.05, 3.63) is 100 Å². The van der Waals surface area contributed by atoms with Gasteiger partial charge in [-0.2, -0.15) is 13.2 Å². The predicted molar refractivity (Wildman–Crippen MR) is 160 cm³/mol. The van der Waals surface area contributed by atoms with Crippen molar-refractivity contribution in [2.24, 2.45) is 5.92 Å². The van der Waals surface area contributed by atoms with Gasteiger partial charge in [0.15, 0.2) is 0 Å². The lowest BCUT2D eigenvalue weighted by Gasteiger charge is -2.32. The van der Waals surface area contributed by atoms with Crippen molar-refractivity contribution in [2.45, 2.75) is 38.4 Å². The largest absolute Gasteiger partial charge is 0.490 e. The Labute approximate surface area is 254 Å². The van der Waals surface area contributed by atoms with E-state index in [0.717, 1.165) is 43.2 Å². The average Bonchev–Trinajstić information content (AvgIpc) is 2.96. The number of likely N-dealkylation sites (tertiary alicyclic amines) is 1. The number of urea groups is 1. The number of piperidine rings is 1. The smallest absolute Gasteiger partial charge is 0.475 e. The van der Waals surface area contributed by atoms with E-state index in [1.165, 1.54) is 24.8 Å². The molecule has 0 aromatic heterocycles. The summed E-state index contributed by atoms with van der Waals surface area (Å²) in [6.07, 6.45) is -0.500. The van der Waals surface area contributed by atoms with Gasteiger partial charge in [0.05, 0.1) is 0 Å². The third kappa shape index (κ3) is 11.9. The molecule has 1 aliphatic rings. The van der Waals surface area contributed by atoms with Crippen molar-refractivity contribution in [2.75, 3.05) is 31.5 Å². The number of nitrogens with zero attached hydrogens (tertiary/aromatic N) is 2. The van der Waals surface area contributed by atoms with E-state index in [2.05, 4.69) is 40.5 Å². The highest BCUT2D eigenvalue weighted by atomic mass is 35.5. The number of carboxylic acid groups (broad SMARTS) is 1. The van der Waals surface area contributed by atoms with Crippen LogP contribution in [0.5, 0.6) is 0 Å². The van der Waals surface area contributed by atoms with Gasteiger partial charge in [0.25, 0.3) is 0 Å². The topological polar surface area (TPSA) is 72.9 Å². The molecular weight excluding hydrogens is 590 g/mol. The first-order valence-corrected chi connectivity index (χ1v) is 14.4. The fourth-order valence-corrected chi connectivity index (χ4v) is 4.90. The minimum absolute atomic E-state index is 0.108. The SMILES string of the molecule is O=C(Nc1ccc(Cl)cc1)N(CCCN1CCC(Cc2ccccc2)CC1)Cc1ccc(Cl)cc1.O=C(O)C(F)(F)F. The first-order chi connectivity index (χ1) is 20.0. The number of hydrogen-bond donors (Lipinski definition) is 2. The van der Waals surface area contributed by atoms with Gasteiger partial charge in [0.1, 0.15) is 0 Å². The molecule has 1 fully saturated rings. The summed E-state index contributed by atoms with van der Waals surface area (Å²) in [5.74, 6) is -1.99. The Morgan fingerprint density at radius 3 is 1.98 bits per heavy atom. The third-order valence-corrected chi connectivity index (χ3v) is 7.39. The number of nitrogens with one attached hydrogen (secondary N) is 1. The molecule has 4 rings (SSSR count). The zero-order chi connectivity index (χ0) is 30.5. The number of aliphatic carboxylic acids is 1. The van der Waals surface area contributed by atoms with Crippen molar-refractivity contribution in [3.63, 3.8) is 0 Å². The van der Waals surface area contributed by atoms with E-state index >= 15 is 0 Å². The summed E-state index contributed by atoms with van der Waals surface area (Å²) in [5, 5.41) is 11.5. The zero-order valence-corrected chi connectivity index (χ0v) is 24.5. The van der Waals surface area contributed by atoms with E-state index in [9.17, 15) is 18.0 Å². The number of benzene rings is 3. The minimum Gasteiger partial charge on any atom is -0.475 e.